The molecule has 0 aliphatic carbocycles. The molecule has 184 valence electrons. The van der Waals surface area contributed by atoms with Gasteiger partial charge in [-0.1, -0.05) is 24.3 Å². The lowest BCUT2D eigenvalue weighted by molar-refractivity contribution is 0.0951. The Labute approximate surface area is 207 Å². The minimum absolute atomic E-state index is 0.223. The zero-order chi connectivity index (χ0) is 25.0. The van der Waals surface area contributed by atoms with Gasteiger partial charge in [0, 0.05) is 55.7 Å². The first-order valence-corrected chi connectivity index (χ1v) is 13.1. The van der Waals surface area contributed by atoms with Crippen molar-refractivity contribution in [2.45, 2.75) is 25.3 Å². The molecule has 0 atom stereocenters. The fraction of sp³-hybridized carbons (Fsp3) is 0.308. The number of rotatable bonds is 7. The number of carbonyl (C=O) groups is 1. The Hall–Kier alpha value is -3.43. The number of hydrogen-bond acceptors (Lipinski definition) is 6. The van der Waals surface area contributed by atoms with Crippen LogP contribution in [0.1, 0.15) is 27.0 Å². The molecule has 4 rings (SSSR count). The maximum atomic E-state index is 12.9. The fourth-order valence-corrected chi connectivity index (χ4v) is 5.46. The standard InChI is InChI=1S/C26H31N5O3S/c1-19-9-10-20(2)24(16-19)35(33,34)29-23-8-4-6-21(17-23)26(32)28-18-22-7-5-11-27-25(22)31-14-12-30(3)13-15-31/h4-11,16-17,29H,12-15,18H2,1-3H3,(H,28,32). The molecule has 2 heterocycles. The van der Waals surface area contributed by atoms with E-state index in [1.165, 1.54) is 0 Å². The third-order valence-corrected chi connectivity index (χ3v) is 7.64. The Balaban J connectivity index is 1.45. The first-order valence-electron chi connectivity index (χ1n) is 11.6. The molecule has 0 bridgehead atoms. The van der Waals surface area contributed by atoms with Gasteiger partial charge in [0.1, 0.15) is 5.82 Å². The molecular weight excluding hydrogens is 462 g/mol. The molecule has 35 heavy (non-hydrogen) atoms. The number of hydrogen-bond donors (Lipinski definition) is 2. The Morgan fingerprint density at radius 3 is 2.54 bits per heavy atom. The van der Waals surface area contributed by atoms with Crippen LogP contribution in [0.15, 0.2) is 65.7 Å². The second kappa shape index (κ2) is 10.5. The molecule has 3 aromatic rings. The number of anilines is 2. The van der Waals surface area contributed by atoms with Crippen LogP contribution in [0.2, 0.25) is 0 Å². The molecule has 2 aromatic carbocycles. The number of carbonyl (C=O) groups excluding carboxylic acids is 1. The molecule has 0 spiro atoms. The van der Waals surface area contributed by atoms with Gasteiger partial charge in [-0.2, -0.15) is 0 Å². The molecule has 9 heteroatoms. The summed E-state index contributed by atoms with van der Waals surface area (Å²) in [5, 5.41) is 2.95. The maximum absolute atomic E-state index is 12.9. The van der Waals surface area contributed by atoms with Crippen molar-refractivity contribution in [3.8, 4) is 0 Å². The van der Waals surface area contributed by atoms with E-state index in [1.54, 1.807) is 49.5 Å². The van der Waals surface area contributed by atoms with Gasteiger partial charge in [-0.25, -0.2) is 13.4 Å². The summed E-state index contributed by atoms with van der Waals surface area (Å²) >= 11 is 0. The van der Waals surface area contributed by atoms with Crippen molar-refractivity contribution >= 4 is 27.4 Å². The summed E-state index contributed by atoms with van der Waals surface area (Å²) < 4.78 is 28.5. The second-order valence-electron chi connectivity index (χ2n) is 8.91. The molecule has 1 aromatic heterocycles. The van der Waals surface area contributed by atoms with Crippen LogP contribution in [-0.2, 0) is 16.6 Å². The molecule has 1 fully saturated rings. The fourth-order valence-electron chi connectivity index (χ4n) is 4.08. The number of pyridine rings is 1. The first kappa shape index (κ1) is 24.7. The largest absolute Gasteiger partial charge is 0.354 e. The normalized spacial score (nSPS) is 14.5. The Morgan fingerprint density at radius 2 is 1.77 bits per heavy atom. The molecular formula is C26H31N5O3S. The van der Waals surface area contributed by atoms with Gasteiger partial charge in [0.05, 0.1) is 4.90 Å². The van der Waals surface area contributed by atoms with Gasteiger partial charge >= 0.3 is 0 Å². The highest BCUT2D eigenvalue weighted by Crippen LogP contribution is 2.22. The lowest BCUT2D eigenvalue weighted by Crippen LogP contribution is -2.45. The molecule has 1 aliphatic rings. The van der Waals surface area contributed by atoms with E-state index in [0.29, 0.717) is 23.4 Å². The average molecular weight is 494 g/mol. The van der Waals surface area contributed by atoms with Crippen molar-refractivity contribution in [2.75, 3.05) is 42.8 Å². The van der Waals surface area contributed by atoms with Crippen LogP contribution in [0.5, 0.6) is 0 Å². The highest BCUT2D eigenvalue weighted by atomic mass is 32.2. The summed E-state index contributed by atoms with van der Waals surface area (Å²) in [5.74, 6) is 0.599. The molecule has 0 unspecified atom stereocenters. The molecule has 2 N–H and O–H groups in total. The summed E-state index contributed by atoms with van der Waals surface area (Å²) in [5.41, 5.74) is 3.16. The Bertz CT molecular complexity index is 1320. The van der Waals surface area contributed by atoms with Crippen molar-refractivity contribution in [1.82, 2.24) is 15.2 Å². The molecule has 0 saturated carbocycles. The van der Waals surface area contributed by atoms with Gasteiger partial charge in [-0.3, -0.25) is 9.52 Å². The number of nitrogens with one attached hydrogen (secondary N) is 2. The third-order valence-electron chi connectivity index (χ3n) is 6.12. The van der Waals surface area contributed by atoms with E-state index in [2.05, 4.69) is 31.9 Å². The van der Waals surface area contributed by atoms with Gasteiger partial charge in [0.2, 0.25) is 0 Å². The topological polar surface area (TPSA) is 94.6 Å². The van der Waals surface area contributed by atoms with E-state index in [9.17, 15) is 13.2 Å². The Morgan fingerprint density at radius 1 is 1.00 bits per heavy atom. The van der Waals surface area contributed by atoms with E-state index in [0.717, 1.165) is 43.1 Å². The van der Waals surface area contributed by atoms with Gasteiger partial charge in [-0.15, -0.1) is 0 Å². The highest BCUT2D eigenvalue weighted by Gasteiger charge is 2.20. The number of piperazine rings is 1. The summed E-state index contributed by atoms with van der Waals surface area (Å²) in [7, 11) is -1.68. The van der Waals surface area contributed by atoms with Gasteiger partial charge in [-0.05, 0) is 62.4 Å². The van der Waals surface area contributed by atoms with Crippen molar-refractivity contribution in [2.24, 2.45) is 0 Å². The van der Waals surface area contributed by atoms with E-state index in [4.69, 9.17) is 0 Å². The number of amides is 1. The van der Waals surface area contributed by atoms with E-state index >= 15 is 0 Å². The van der Waals surface area contributed by atoms with Gasteiger partial charge in [0.25, 0.3) is 15.9 Å². The zero-order valence-corrected chi connectivity index (χ0v) is 21.1. The monoisotopic (exact) mass is 493 g/mol. The van der Waals surface area contributed by atoms with Crippen molar-refractivity contribution < 1.29 is 13.2 Å². The van der Waals surface area contributed by atoms with Crippen LogP contribution in [0.4, 0.5) is 11.5 Å². The number of aromatic nitrogens is 1. The number of benzene rings is 2. The van der Waals surface area contributed by atoms with Crippen LogP contribution in [0.25, 0.3) is 0 Å². The predicted octanol–water partition coefficient (Wildman–Crippen LogP) is 3.18. The van der Waals surface area contributed by atoms with Crippen LogP contribution in [0, 0.1) is 13.8 Å². The summed E-state index contributed by atoms with van der Waals surface area (Å²) in [6.07, 6.45) is 1.77. The predicted molar refractivity (Wildman–Crippen MR) is 138 cm³/mol. The SMILES string of the molecule is Cc1ccc(C)c(S(=O)(=O)Nc2cccc(C(=O)NCc3cccnc3N3CCN(C)CC3)c2)c1. The Kier molecular flexibility index (Phi) is 7.37. The van der Waals surface area contributed by atoms with Crippen molar-refractivity contribution in [3.05, 3.63) is 83.0 Å². The van der Waals surface area contributed by atoms with Gasteiger partial charge < -0.3 is 15.1 Å². The zero-order valence-electron chi connectivity index (χ0n) is 20.3. The van der Waals surface area contributed by atoms with Crippen LogP contribution < -0.4 is 14.9 Å². The van der Waals surface area contributed by atoms with Crippen LogP contribution in [-0.4, -0.2) is 57.4 Å². The van der Waals surface area contributed by atoms with E-state index < -0.39 is 10.0 Å². The highest BCUT2D eigenvalue weighted by molar-refractivity contribution is 7.92. The third kappa shape index (κ3) is 5.98. The number of aryl methyl sites for hydroxylation is 2. The molecule has 1 aliphatic heterocycles. The summed E-state index contributed by atoms with van der Waals surface area (Å²) in [4.78, 5) is 22.2. The number of sulfonamides is 1. The minimum atomic E-state index is -3.79. The van der Waals surface area contributed by atoms with Crippen molar-refractivity contribution in [3.63, 3.8) is 0 Å². The molecule has 8 nitrogen and oxygen atoms in total. The summed E-state index contributed by atoms with van der Waals surface area (Å²) in [6, 6.07) is 15.6. The smallest absolute Gasteiger partial charge is 0.262 e. The molecule has 0 radical (unpaired) electrons. The summed E-state index contributed by atoms with van der Waals surface area (Å²) in [6.45, 7) is 7.63. The van der Waals surface area contributed by atoms with E-state index in [1.807, 2.05) is 25.1 Å². The number of likely N-dealkylation sites (N-methyl/N-ethyl adjacent to an activating group) is 1. The lowest BCUT2D eigenvalue weighted by atomic mass is 10.1. The van der Waals surface area contributed by atoms with Gasteiger partial charge in [0.15, 0.2) is 0 Å². The quantitative estimate of drug-likeness (QED) is 0.525. The first-order chi connectivity index (χ1) is 16.7. The minimum Gasteiger partial charge on any atom is -0.354 e. The molecule has 1 saturated heterocycles. The van der Waals surface area contributed by atoms with Crippen LogP contribution in [0.3, 0.4) is 0 Å². The second-order valence-corrected chi connectivity index (χ2v) is 10.6. The van der Waals surface area contributed by atoms with E-state index in [-0.39, 0.29) is 10.8 Å². The molecule has 1 amide bonds. The van der Waals surface area contributed by atoms with Crippen molar-refractivity contribution in [1.29, 1.82) is 0 Å². The lowest BCUT2D eigenvalue weighted by Gasteiger charge is -2.34. The number of nitrogens with zero attached hydrogens (tertiary/aromatic N) is 3. The maximum Gasteiger partial charge on any atom is 0.262 e. The van der Waals surface area contributed by atoms with Crippen LogP contribution >= 0.6 is 0 Å². The average Bonchev–Trinajstić information content (AvgIpc) is 2.84.